The Morgan fingerprint density at radius 2 is 1.94 bits per heavy atom. The van der Waals surface area contributed by atoms with Crippen LogP contribution in [0, 0.1) is 5.82 Å². The summed E-state index contributed by atoms with van der Waals surface area (Å²) in [5.74, 6) is -0.819. The van der Waals surface area contributed by atoms with Gasteiger partial charge in [0.1, 0.15) is 18.1 Å². The number of ether oxygens (including phenoxy) is 1. The lowest BCUT2D eigenvalue weighted by Gasteiger charge is -2.33. The first kappa shape index (κ1) is 21.1. The van der Waals surface area contributed by atoms with Crippen LogP contribution in [0.5, 0.6) is 5.75 Å². The average Bonchev–Trinajstić information content (AvgIpc) is 3.43. The number of hydrogen-bond donors (Lipinski definition) is 2. The fourth-order valence-electron chi connectivity index (χ4n) is 4.30. The molecule has 2 aromatic carbocycles. The predicted octanol–water partition coefficient (Wildman–Crippen LogP) is 3.32. The standard InChI is InChI=1S/C24H20FN3O4S/c25-16-9-7-15(8-10-16)21(19-6-3-13-33-19)26-20(29)14-28-22(30)24(27-23(28)31)11-12-32-18-5-2-1-4-17(18)24/h1-10,13,21H,11-12,14H2,(H,26,29)(H,27,31)/t21-,24+/m1/s1. The van der Waals surface area contributed by atoms with Gasteiger partial charge in [-0.25, -0.2) is 9.18 Å². The molecule has 2 aliphatic rings. The average molecular weight is 466 g/mol. The second-order valence-electron chi connectivity index (χ2n) is 7.89. The lowest BCUT2D eigenvalue weighted by molar-refractivity contribution is -0.136. The number of nitrogens with zero attached hydrogens (tertiary/aromatic N) is 1. The maximum absolute atomic E-state index is 13.4. The molecule has 33 heavy (non-hydrogen) atoms. The quantitative estimate of drug-likeness (QED) is 0.566. The number of carbonyl (C=O) groups excluding carboxylic acids is 3. The molecule has 1 aromatic heterocycles. The van der Waals surface area contributed by atoms with E-state index in [1.165, 1.54) is 23.5 Å². The van der Waals surface area contributed by atoms with Gasteiger partial charge < -0.3 is 15.4 Å². The summed E-state index contributed by atoms with van der Waals surface area (Å²) >= 11 is 1.44. The van der Waals surface area contributed by atoms with Gasteiger partial charge in [-0.15, -0.1) is 11.3 Å². The maximum Gasteiger partial charge on any atom is 0.325 e. The van der Waals surface area contributed by atoms with E-state index in [4.69, 9.17) is 4.74 Å². The van der Waals surface area contributed by atoms with E-state index in [2.05, 4.69) is 10.6 Å². The Bertz CT molecular complexity index is 1210. The van der Waals surface area contributed by atoms with Crippen molar-refractivity contribution in [2.45, 2.75) is 18.0 Å². The van der Waals surface area contributed by atoms with E-state index in [1.54, 1.807) is 36.4 Å². The van der Waals surface area contributed by atoms with Crippen LogP contribution in [-0.4, -0.2) is 35.9 Å². The van der Waals surface area contributed by atoms with Gasteiger partial charge in [0.25, 0.3) is 5.91 Å². The molecule has 2 aliphatic heterocycles. The number of amides is 4. The number of rotatable bonds is 5. The van der Waals surface area contributed by atoms with E-state index in [0.717, 1.165) is 9.78 Å². The molecule has 0 radical (unpaired) electrons. The minimum absolute atomic E-state index is 0.272. The first-order valence-electron chi connectivity index (χ1n) is 10.4. The summed E-state index contributed by atoms with van der Waals surface area (Å²) in [5, 5.41) is 7.55. The van der Waals surface area contributed by atoms with Gasteiger partial charge in [0.05, 0.1) is 12.6 Å². The van der Waals surface area contributed by atoms with Gasteiger partial charge >= 0.3 is 6.03 Å². The van der Waals surface area contributed by atoms with Crippen molar-refractivity contribution in [1.29, 1.82) is 0 Å². The molecule has 0 unspecified atom stereocenters. The molecule has 2 atom stereocenters. The van der Waals surface area contributed by atoms with E-state index >= 15 is 0 Å². The first-order valence-corrected chi connectivity index (χ1v) is 11.3. The van der Waals surface area contributed by atoms with Crippen molar-refractivity contribution in [2.24, 2.45) is 0 Å². The molecule has 5 rings (SSSR count). The molecule has 1 saturated heterocycles. The summed E-state index contributed by atoms with van der Waals surface area (Å²) in [7, 11) is 0. The Labute approximate surface area is 193 Å². The van der Waals surface area contributed by atoms with Crippen molar-refractivity contribution in [2.75, 3.05) is 13.2 Å². The molecule has 9 heteroatoms. The first-order chi connectivity index (χ1) is 16.0. The van der Waals surface area contributed by atoms with Crippen molar-refractivity contribution in [3.05, 3.63) is 87.9 Å². The third kappa shape index (κ3) is 3.74. The van der Waals surface area contributed by atoms with Crippen LogP contribution in [-0.2, 0) is 15.1 Å². The number of hydrogen-bond acceptors (Lipinski definition) is 5. The lowest BCUT2D eigenvalue weighted by atomic mass is 9.84. The van der Waals surface area contributed by atoms with Crippen molar-refractivity contribution in [3.63, 3.8) is 0 Å². The molecular weight excluding hydrogens is 445 g/mol. The fourth-order valence-corrected chi connectivity index (χ4v) is 5.10. The van der Waals surface area contributed by atoms with Crippen molar-refractivity contribution in [3.8, 4) is 5.75 Å². The number of carbonyl (C=O) groups is 3. The smallest absolute Gasteiger partial charge is 0.325 e. The van der Waals surface area contributed by atoms with Gasteiger partial charge in [-0.05, 0) is 35.2 Å². The minimum Gasteiger partial charge on any atom is -0.493 e. The lowest BCUT2D eigenvalue weighted by Crippen LogP contribution is -2.48. The van der Waals surface area contributed by atoms with Gasteiger partial charge in [0.2, 0.25) is 5.91 Å². The monoisotopic (exact) mass is 465 g/mol. The Hall–Kier alpha value is -3.72. The molecule has 0 aliphatic carbocycles. The summed E-state index contributed by atoms with van der Waals surface area (Å²) in [6.45, 7) is -0.160. The topological polar surface area (TPSA) is 87.7 Å². The van der Waals surface area contributed by atoms with Crippen molar-refractivity contribution < 1.29 is 23.5 Å². The number of urea groups is 1. The SMILES string of the molecule is O=C(CN1C(=O)N[C@]2(CCOc3ccccc32)C1=O)N[C@H](c1ccc(F)cc1)c1cccs1. The van der Waals surface area contributed by atoms with Gasteiger partial charge in [0.15, 0.2) is 5.54 Å². The molecule has 3 heterocycles. The van der Waals surface area contributed by atoms with Crippen LogP contribution in [0.4, 0.5) is 9.18 Å². The van der Waals surface area contributed by atoms with Gasteiger partial charge in [0, 0.05) is 16.9 Å². The predicted molar refractivity (Wildman–Crippen MR) is 119 cm³/mol. The van der Waals surface area contributed by atoms with Crippen LogP contribution in [0.1, 0.15) is 28.5 Å². The zero-order chi connectivity index (χ0) is 23.0. The van der Waals surface area contributed by atoms with Crippen LogP contribution in [0.3, 0.4) is 0 Å². The third-order valence-electron chi connectivity index (χ3n) is 5.90. The molecule has 4 amide bonds. The molecule has 2 N–H and O–H groups in total. The number of thiophene rings is 1. The second kappa shape index (κ2) is 8.32. The number of nitrogens with one attached hydrogen (secondary N) is 2. The van der Waals surface area contributed by atoms with Crippen molar-refractivity contribution in [1.82, 2.24) is 15.5 Å². The van der Waals surface area contributed by atoms with Crippen molar-refractivity contribution >= 4 is 29.2 Å². The highest BCUT2D eigenvalue weighted by Crippen LogP contribution is 2.41. The molecule has 0 bridgehead atoms. The summed E-state index contributed by atoms with van der Waals surface area (Å²) < 4.78 is 19.0. The number of imide groups is 1. The van der Waals surface area contributed by atoms with Gasteiger partial charge in [-0.3, -0.25) is 14.5 Å². The van der Waals surface area contributed by atoms with Crippen LogP contribution in [0.2, 0.25) is 0 Å². The Morgan fingerprint density at radius 3 is 2.70 bits per heavy atom. The summed E-state index contributed by atoms with van der Waals surface area (Å²) in [6, 6.07) is 15.5. The Morgan fingerprint density at radius 1 is 1.15 bits per heavy atom. The highest BCUT2D eigenvalue weighted by molar-refractivity contribution is 7.10. The van der Waals surface area contributed by atoms with Gasteiger partial charge in [-0.2, -0.15) is 0 Å². The Balaban J connectivity index is 1.37. The molecule has 1 spiro atoms. The van der Waals surface area contributed by atoms with E-state index in [0.29, 0.717) is 16.9 Å². The summed E-state index contributed by atoms with van der Waals surface area (Å²) in [5.41, 5.74) is 0.0376. The van der Waals surface area contributed by atoms with E-state index in [9.17, 15) is 18.8 Å². The highest BCUT2D eigenvalue weighted by atomic mass is 32.1. The normalized spacial score (nSPS) is 20.2. The number of halogens is 1. The van der Waals surface area contributed by atoms with Crippen LogP contribution in [0.15, 0.2) is 66.0 Å². The third-order valence-corrected chi connectivity index (χ3v) is 6.83. The fraction of sp³-hybridized carbons (Fsp3) is 0.208. The molecule has 0 saturated carbocycles. The van der Waals surface area contributed by atoms with Crippen LogP contribution in [0.25, 0.3) is 0 Å². The molecule has 3 aromatic rings. The minimum atomic E-state index is -1.24. The van der Waals surface area contributed by atoms with E-state index in [-0.39, 0.29) is 18.8 Å². The van der Waals surface area contributed by atoms with E-state index < -0.39 is 36.0 Å². The molecule has 7 nitrogen and oxygen atoms in total. The number of para-hydroxylation sites is 1. The van der Waals surface area contributed by atoms with Crippen LogP contribution >= 0.6 is 11.3 Å². The zero-order valence-electron chi connectivity index (χ0n) is 17.4. The second-order valence-corrected chi connectivity index (χ2v) is 8.87. The Kier molecular flexibility index (Phi) is 5.33. The molecule has 168 valence electrons. The van der Waals surface area contributed by atoms with E-state index in [1.807, 2.05) is 17.5 Å². The maximum atomic E-state index is 13.4. The molecule has 1 fully saturated rings. The highest BCUT2D eigenvalue weighted by Gasteiger charge is 2.55. The zero-order valence-corrected chi connectivity index (χ0v) is 18.2. The summed E-state index contributed by atoms with van der Waals surface area (Å²) in [6.07, 6.45) is 0.278. The number of fused-ring (bicyclic) bond motifs is 2. The largest absolute Gasteiger partial charge is 0.493 e. The molecular formula is C24H20FN3O4S. The number of benzene rings is 2. The van der Waals surface area contributed by atoms with Crippen LogP contribution < -0.4 is 15.4 Å². The van der Waals surface area contributed by atoms with Gasteiger partial charge in [-0.1, -0.05) is 36.4 Å². The summed E-state index contributed by atoms with van der Waals surface area (Å²) in [4.78, 5) is 40.9.